The highest BCUT2D eigenvalue weighted by Crippen LogP contribution is 2.15. The van der Waals surface area contributed by atoms with E-state index in [-0.39, 0.29) is 12.6 Å². The van der Waals surface area contributed by atoms with E-state index in [2.05, 4.69) is 22.5 Å². The van der Waals surface area contributed by atoms with E-state index in [0.29, 0.717) is 19.2 Å². The zero-order chi connectivity index (χ0) is 13.4. The van der Waals surface area contributed by atoms with Crippen molar-refractivity contribution in [3.63, 3.8) is 0 Å². The van der Waals surface area contributed by atoms with Crippen molar-refractivity contribution in [3.05, 3.63) is 0 Å². The van der Waals surface area contributed by atoms with Crippen LogP contribution in [0.5, 0.6) is 0 Å². The summed E-state index contributed by atoms with van der Waals surface area (Å²) < 4.78 is 4.71. The van der Waals surface area contributed by atoms with Crippen LogP contribution in [0.3, 0.4) is 0 Å². The predicted molar refractivity (Wildman–Crippen MR) is 68.3 cm³/mol. The van der Waals surface area contributed by atoms with E-state index < -0.39 is 5.97 Å². The monoisotopic (exact) mass is 257 g/mol. The van der Waals surface area contributed by atoms with Crippen molar-refractivity contribution < 1.29 is 14.3 Å². The van der Waals surface area contributed by atoms with Crippen LogP contribution in [-0.4, -0.2) is 55.7 Å². The van der Waals surface area contributed by atoms with Crippen LogP contribution in [0.25, 0.3) is 0 Å². The molecule has 0 aromatic heterocycles. The van der Waals surface area contributed by atoms with Crippen LogP contribution in [0.4, 0.5) is 4.79 Å². The van der Waals surface area contributed by atoms with Crippen molar-refractivity contribution in [1.29, 1.82) is 0 Å². The largest absolute Gasteiger partial charge is 0.465 e. The number of hydrogen-bond acceptors (Lipinski definition) is 4. The fraction of sp³-hybridized carbons (Fsp3) is 0.833. The number of carbonyl (C=O) groups is 2. The molecule has 0 radical (unpaired) electrons. The average Bonchev–Trinajstić information content (AvgIpc) is 2.81. The number of amides is 2. The third-order valence-corrected chi connectivity index (χ3v) is 3.10. The van der Waals surface area contributed by atoms with Crippen molar-refractivity contribution in [2.24, 2.45) is 0 Å². The second kappa shape index (κ2) is 7.92. The number of ether oxygens (including phenoxy) is 1. The molecule has 1 aliphatic heterocycles. The maximum atomic E-state index is 11.5. The van der Waals surface area contributed by atoms with Crippen LogP contribution >= 0.6 is 0 Å². The molecule has 1 atom stereocenters. The zero-order valence-corrected chi connectivity index (χ0v) is 11.2. The summed E-state index contributed by atoms with van der Waals surface area (Å²) in [4.78, 5) is 24.8. The summed E-state index contributed by atoms with van der Waals surface area (Å²) in [5, 5.41) is 5.27. The number of likely N-dealkylation sites (tertiary alicyclic amines) is 1. The van der Waals surface area contributed by atoms with E-state index in [1.54, 1.807) is 6.92 Å². The Morgan fingerprint density at radius 1 is 1.33 bits per heavy atom. The number of rotatable bonds is 6. The Morgan fingerprint density at radius 3 is 2.78 bits per heavy atom. The first kappa shape index (κ1) is 14.8. The van der Waals surface area contributed by atoms with Crippen molar-refractivity contribution in [2.45, 2.75) is 32.7 Å². The van der Waals surface area contributed by atoms with Crippen LogP contribution in [0.1, 0.15) is 26.7 Å². The van der Waals surface area contributed by atoms with Gasteiger partial charge in [0.15, 0.2) is 0 Å². The van der Waals surface area contributed by atoms with Crippen LogP contribution in [0.2, 0.25) is 0 Å². The lowest BCUT2D eigenvalue weighted by atomic mass is 10.2. The van der Waals surface area contributed by atoms with Gasteiger partial charge >= 0.3 is 12.0 Å². The van der Waals surface area contributed by atoms with Crippen molar-refractivity contribution in [2.75, 3.05) is 32.8 Å². The van der Waals surface area contributed by atoms with Crippen LogP contribution < -0.4 is 10.6 Å². The van der Waals surface area contributed by atoms with Gasteiger partial charge < -0.3 is 15.4 Å². The molecule has 104 valence electrons. The fourth-order valence-electron chi connectivity index (χ4n) is 2.18. The minimum absolute atomic E-state index is 0.0815. The molecule has 2 amide bonds. The number of hydrogen-bond donors (Lipinski definition) is 2. The zero-order valence-electron chi connectivity index (χ0n) is 11.2. The number of nitrogens with zero attached hydrogens (tertiary/aromatic N) is 1. The van der Waals surface area contributed by atoms with Gasteiger partial charge in [0.05, 0.1) is 6.61 Å². The van der Waals surface area contributed by atoms with E-state index >= 15 is 0 Å². The number of nitrogens with one attached hydrogen (secondary N) is 2. The molecule has 0 saturated carbocycles. The van der Waals surface area contributed by atoms with Crippen molar-refractivity contribution in [3.8, 4) is 0 Å². The standard InChI is InChI=1S/C12H23N3O3/c1-3-15-7-5-6-10(15)8-13-12(17)14-9-11(16)18-4-2/h10H,3-9H2,1-2H3,(H2,13,14,17). The molecule has 1 saturated heterocycles. The molecule has 1 rings (SSSR count). The summed E-state index contributed by atoms with van der Waals surface area (Å²) in [6.07, 6.45) is 2.30. The molecular weight excluding hydrogens is 234 g/mol. The van der Waals surface area contributed by atoms with Gasteiger partial charge in [-0.3, -0.25) is 9.69 Å². The summed E-state index contributed by atoms with van der Waals surface area (Å²) in [6.45, 7) is 6.85. The molecule has 18 heavy (non-hydrogen) atoms. The summed E-state index contributed by atoms with van der Waals surface area (Å²) in [6, 6.07) is 0.106. The van der Waals surface area contributed by atoms with E-state index in [4.69, 9.17) is 4.74 Å². The third-order valence-electron chi connectivity index (χ3n) is 3.10. The first-order valence-electron chi connectivity index (χ1n) is 6.58. The lowest BCUT2D eigenvalue weighted by Crippen LogP contribution is -2.45. The average molecular weight is 257 g/mol. The third kappa shape index (κ3) is 4.91. The maximum absolute atomic E-state index is 11.5. The molecule has 0 aromatic carbocycles. The first-order chi connectivity index (χ1) is 8.67. The number of likely N-dealkylation sites (N-methyl/N-ethyl adjacent to an activating group) is 1. The van der Waals surface area contributed by atoms with Gasteiger partial charge in [0.25, 0.3) is 0 Å². The molecule has 2 N–H and O–H groups in total. The predicted octanol–water partition coefficient (Wildman–Crippen LogP) is 0.333. The van der Waals surface area contributed by atoms with Gasteiger partial charge in [-0.15, -0.1) is 0 Å². The molecular formula is C12H23N3O3. The van der Waals surface area contributed by atoms with Crippen LogP contribution in [-0.2, 0) is 9.53 Å². The van der Waals surface area contributed by atoms with Crippen LogP contribution in [0.15, 0.2) is 0 Å². The topological polar surface area (TPSA) is 70.7 Å². The molecule has 0 spiro atoms. The van der Waals surface area contributed by atoms with Gasteiger partial charge in [0.2, 0.25) is 0 Å². The van der Waals surface area contributed by atoms with E-state index in [1.807, 2.05) is 0 Å². The van der Waals surface area contributed by atoms with Gasteiger partial charge in [0.1, 0.15) is 6.54 Å². The molecule has 0 aliphatic carbocycles. The highest BCUT2D eigenvalue weighted by Gasteiger charge is 2.23. The highest BCUT2D eigenvalue weighted by molar-refractivity contribution is 5.80. The maximum Gasteiger partial charge on any atom is 0.325 e. The Morgan fingerprint density at radius 2 is 2.11 bits per heavy atom. The Balaban J connectivity index is 2.15. The number of esters is 1. The molecule has 6 heteroatoms. The summed E-state index contributed by atoms with van der Waals surface area (Å²) in [5.41, 5.74) is 0. The van der Waals surface area contributed by atoms with E-state index in [9.17, 15) is 9.59 Å². The minimum atomic E-state index is -0.413. The molecule has 1 unspecified atom stereocenters. The van der Waals surface area contributed by atoms with Gasteiger partial charge in [-0.05, 0) is 32.9 Å². The van der Waals surface area contributed by atoms with E-state index in [1.165, 1.54) is 6.42 Å². The summed E-state index contributed by atoms with van der Waals surface area (Å²) >= 11 is 0. The fourth-order valence-corrected chi connectivity index (χ4v) is 2.18. The molecule has 6 nitrogen and oxygen atoms in total. The van der Waals surface area contributed by atoms with Crippen molar-refractivity contribution in [1.82, 2.24) is 15.5 Å². The molecule has 0 bridgehead atoms. The lowest BCUT2D eigenvalue weighted by molar-refractivity contribution is -0.141. The molecule has 1 aliphatic rings. The van der Waals surface area contributed by atoms with Gasteiger partial charge in [-0.25, -0.2) is 4.79 Å². The second-order valence-corrected chi connectivity index (χ2v) is 4.29. The normalized spacial score (nSPS) is 19.6. The Hall–Kier alpha value is -1.30. The van der Waals surface area contributed by atoms with Crippen molar-refractivity contribution >= 4 is 12.0 Å². The quantitative estimate of drug-likeness (QED) is 0.673. The minimum Gasteiger partial charge on any atom is -0.465 e. The molecule has 1 heterocycles. The SMILES string of the molecule is CCOC(=O)CNC(=O)NCC1CCCN1CC. The molecule has 0 aromatic rings. The highest BCUT2D eigenvalue weighted by atomic mass is 16.5. The molecule has 1 fully saturated rings. The Labute approximate surface area is 108 Å². The van der Waals surface area contributed by atoms with Gasteiger partial charge in [-0.1, -0.05) is 6.92 Å². The Kier molecular flexibility index (Phi) is 6.49. The summed E-state index contributed by atoms with van der Waals surface area (Å²) in [5.74, 6) is -0.413. The smallest absolute Gasteiger partial charge is 0.325 e. The van der Waals surface area contributed by atoms with Crippen LogP contribution in [0, 0.1) is 0 Å². The van der Waals surface area contributed by atoms with E-state index in [0.717, 1.165) is 19.5 Å². The first-order valence-corrected chi connectivity index (χ1v) is 6.58. The summed E-state index contributed by atoms with van der Waals surface area (Å²) in [7, 11) is 0. The Bertz CT molecular complexity index is 284. The second-order valence-electron chi connectivity index (χ2n) is 4.29. The number of urea groups is 1. The van der Waals surface area contributed by atoms with Gasteiger partial charge in [0, 0.05) is 12.6 Å². The number of carbonyl (C=O) groups excluding carboxylic acids is 2. The lowest BCUT2D eigenvalue weighted by Gasteiger charge is -2.22. The van der Waals surface area contributed by atoms with Gasteiger partial charge in [-0.2, -0.15) is 0 Å².